The molecule has 1 N–H and O–H groups in total. The molecule has 0 spiro atoms. The van der Waals surface area contributed by atoms with Crippen LogP contribution in [0.15, 0.2) is 0 Å². The molecular formula is C16H33N. The molecule has 17 heavy (non-hydrogen) atoms. The Morgan fingerprint density at radius 3 is 2.35 bits per heavy atom. The van der Waals surface area contributed by atoms with E-state index in [0.717, 1.165) is 17.9 Å². The highest BCUT2D eigenvalue weighted by Gasteiger charge is 2.31. The monoisotopic (exact) mass is 239 g/mol. The van der Waals surface area contributed by atoms with Crippen LogP contribution in [0.25, 0.3) is 0 Å². The zero-order chi connectivity index (χ0) is 12.9. The molecule has 0 radical (unpaired) electrons. The molecule has 1 saturated carbocycles. The van der Waals surface area contributed by atoms with Crippen molar-refractivity contribution in [3.05, 3.63) is 0 Å². The van der Waals surface area contributed by atoms with Gasteiger partial charge < -0.3 is 5.32 Å². The number of hydrogen-bond donors (Lipinski definition) is 1. The first-order valence-electron chi connectivity index (χ1n) is 7.68. The lowest BCUT2D eigenvalue weighted by atomic mass is 9.73. The standard InChI is InChI=1S/C16H33N/c1-6-7-8-9-16(4,5)12-17-15-10-14(11-15)13(2)3/h13-15,17H,6-12H2,1-5H3. The van der Waals surface area contributed by atoms with Crippen molar-refractivity contribution >= 4 is 0 Å². The molecule has 0 aromatic heterocycles. The molecule has 1 heteroatoms. The third kappa shape index (κ3) is 5.42. The van der Waals surface area contributed by atoms with Gasteiger partial charge >= 0.3 is 0 Å². The molecule has 0 saturated heterocycles. The normalized spacial score (nSPS) is 25.1. The summed E-state index contributed by atoms with van der Waals surface area (Å²) < 4.78 is 0. The minimum Gasteiger partial charge on any atom is -0.313 e. The van der Waals surface area contributed by atoms with Gasteiger partial charge in [0.25, 0.3) is 0 Å². The Morgan fingerprint density at radius 2 is 1.82 bits per heavy atom. The van der Waals surface area contributed by atoms with Gasteiger partial charge in [0, 0.05) is 12.6 Å². The van der Waals surface area contributed by atoms with Crippen molar-refractivity contribution in [1.29, 1.82) is 0 Å². The maximum absolute atomic E-state index is 3.77. The van der Waals surface area contributed by atoms with Crippen LogP contribution < -0.4 is 5.32 Å². The fourth-order valence-corrected chi connectivity index (χ4v) is 2.74. The van der Waals surface area contributed by atoms with Gasteiger partial charge in [-0.3, -0.25) is 0 Å². The lowest BCUT2D eigenvalue weighted by Gasteiger charge is -2.40. The summed E-state index contributed by atoms with van der Waals surface area (Å²) >= 11 is 0. The predicted molar refractivity (Wildman–Crippen MR) is 77.3 cm³/mol. The summed E-state index contributed by atoms with van der Waals surface area (Å²) in [4.78, 5) is 0. The van der Waals surface area contributed by atoms with Gasteiger partial charge in [0.2, 0.25) is 0 Å². The van der Waals surface area contributed by atoms with Crippen LogP contribution in [0.2, 0.25) is 0 Å². The summed E-state index contributed by atoms with van der Waals surface area (Å²) in [5.74, 6) is 1.86. The second-order valence-electron chi connectivity index (χ2n) is 7.17. The van der Waals surface area contributed by atoms with Crippen LogP contribution in [0.4, 0.5) is 0 Å². The maximum Gasteiger partial charge on any atom is 0.00727 e. The van der Waals surface area contributed by atoms with Crippen molar-refractivity contribution < 1.29 is 0 Å². The van der Waals surface area contributed by atoms with E-state index >= 15 is 0 Å². The zero-order valence-electron chi connectivity index (χ0n) is 12.7. The van der Waals surface area contributed by atoms with Crippen LogP contribution >= 0.6 is 0 Å². The molecule has 102 valence electrons. The van der Waals surface area contributed by atoms with Crippen LogP contribution in [-0.4, -0.2) is 12.6 Å². The van der Waals surface area contributed by atoms with E-state index in [0.29, 0.717) is 5.41 Å². The van der Waals surface area contributed by atoms with Gasteiger partial charge in [-0.2, -0.15) is 0 Å². The Labute approximate surface area is 109 Å². The van der Waals surface area contributed by atoms with Gasteiger partial charge in [0.05, 0.1) is 0 Å². The molecule has 0 heterocycles. The summed E-state index contributed by atoms with van der Waals surface area (Å²) in [5.41, 5.74) is 0.484. The Morgan fingerprint density at radius 1 is 1.18 bits per heavy atom. The van der Waals surface area contributed by atoms with E-state index < -0.39 is 0 Å². The average molecular weight is 239 g/mol. The minimum atomic E-state index is 0.484. The molecule has 1 aliphatic carbocycles. The summed E-state index contributed by atoms with van der Waals surface area (Å²) in [6.07, 6.45) is 8.30. The molecule has 0 atom stereocenters. The van der Waals surface area contributed by atoms with Crippen LogP contribution in [0, 0.1) is 17.3 Å². The van der Waals surface area contributed by atoms with Crippen LogP contribution in [-0.2, 0) is 0 Å². The first-order valence-corrected chi connectivity index (χ1v) is 7.68. The highest BCUT2D eigenvalue weighted by molar-refractivity contribution is 4.88. The van der Waals surface area contributed by atoms with Gasteiger partial charge in [0.15, 0.2) is 0 Å². The number of unbranched alkanes of at least 4 members (excludes halogenated alkanes) is 2. The van der Waals surface area contributed by atoms with E-state index in [1.54, 1.807) is 0 Å². The van der Waals surface area contributed by atoms with E-state index in [9.17, 15) is 0 Å². The number of rotatable bonds is 8. The van der Waals surface area contributed by atoms with Gasteiger partial charge in [-0.25, -0.2) is 0 Å². The highest BCUT2D eigenvalue weighted by atomic mass is 14.9. The van der Waals surface area contributed by atoms with E-state index in [1.807, 2.05) is 0 Å². The fourth-order valence-electron chi connectivity index (χ4n) is 2.74. The lowest BCUT2D eigenvalue weighted by molar-refractivity contribution is 0.152. The van der Waals surface area contributed by atoms with Crippen molar-refractivity contribution in [1.82, 2.24) is 5.32 Å². The molecule has 0 aliphatic heterocycles. The fraction of sp³-hybridized carbons (Fsp3) is 1.00. The Bertz CT molecular complexity index is 202. The molecule has 0 amide bonds. The van der Waals surface area contributed by atoms with Crippen molar-refractivity contribution in [2.45, 2.75) is 79.2 Å². The third-order valence-corrected chi connectivity index (χ3v) is 4.44. The van der Waals surface area contributed by atoms with E-state index in [-0.39, 0.29) is 0 Å². The SMILES string of the molecule is CCCCCC(C)(C)CNC1CC(C(C)C)C1. The molecular weight excluding hydrogens is 206 g/mol. The summed E-state index contributed by atoms with van der Waals surface area (Å²) in [5, 5.41) is 3.77. The van der Waals surface area contributed by atoms with Crippen molar-refractivity contribution in [3.8, 4) is 0 Å². The van der Waals surface area contributed by atoms with E-state index in [1.165, 1.54) is 45.1 Å². The van der Waals surface area contributed by atoms with Crippen LogP contribution in [0.3, 0.4) is 0 Å². The molecule has 0 aromatic carbocycles. The predicted octanol–water partition coefficient (Wildman–Crippen LogP) is 4.62. The average Bonchev–Trinajstić information content (AvgIpc) is 2.14. The topological polar surface area (TPSA) is 12.0 Å². The van der Waals surface area contributed by atoms with Crippen molar-refractivity contribution in [3.63, 3.8) is 0 Å². The molecule has 0 bridgehead atoms. The van der Waals surface area contributed by atoms with E-state index in [2.05, 4.69) is 39.9 Å². The molecule has 0 aromatic rings. The van der Waals surface area contributed by atoms with Gasteiger partial charge in [0.1, 0.15) is 0 Å². The molecule has 1 fully saturated rings. The Balaban J connectivity index is 2.09. The quantitative estimate of drug-likeness (QED) is 0.610. The van der Waals surface area contributed by atoms with E-state index in [4.69, 9.17) is 0 Å². The zero-order valence-corrected chi connectivity index (χ0v) is 12.7. The Kier molecular flexibility index (Phi) is 5.99. The summed E-state index contributed by atoms with van der Waals surface area (Å²) in [7, 11) is 0. The third-order valence-electron chi connectivity index (χ3n) is 4.44. The van der Waals surface area contributed by atoms with Gasteiger partial charge in [-0.1, -0.05) is 53.9 Å². The minimum absolute atomic E-state index is 0.484. The van der Waals surface area contributed by atoms with Gasteiger partial charge in [-0.05, 0) is 36.5 Å². The molecule has 0 unspecified atom stereocenters. The second kappa shape index (κ2) is 6.78. The smallest absolute Gasteiger partial charge is 0.00727 e. The van der Waals surface area contributed by atoms with Gasteiger partial charge in [-0.15, -0.1) is 0 Å². The first-order chi connectivity index (χ1) is 7.94. The summed E-state index contributed by atoms with van der Waals surface area (Å²) in [6.45, 7) is 13.0. The largest absolute Gasteiger partial charge is 0.313 e. The second-order valence-corrected chi connectivity index (χ2v) is 7.17. The molecule has 1 nitrogen and oxygen atoms in total. The number of hydrogen-bond acceptors (Lipinski definition) is 1. The summed E-state index contributed by atoms with van der Waals surface area (Å²) in [6, 6.07) is 0.813. The number of nitrogens with one attached hydrogen (secondary N) is 1. The molecule has 1 rings (SSSR count). The van der Waals surface area contributed by atoms with Crippen LogP contribution in [0.5, 0.6) is 0 Å². The van der Waals surface area contributed by atoms with Crippen molar-refractivity contribution in [2.24, 2.45) is 17.3 Å². The van der Waals surface area contributed by atoms with Crippen LogP contribution in [0.1, 0.15) is 73.1 Å². The maximum atomic E-state index is 3.77. The molecule has 1 aliphatic rings. The Hall–Kier alpha value is -0.0400. The van der Waals surface area contributed by atoms with Crippen molar-refractivity contribution in [2.75, 3.05) is 6.54 Å². The highest BCUT2D eigenvalue weighted by Crippen LogP contribution is 2.34. The first kappa shape index (κ1) is 15.0. The lowest BCUT2D eigenvalue weighted by Crippen LogP contribution is -2.46.